The minimum atomic E-state index is 0.387. The molecule has 1 fully saturated rings. The van der Waals surface area contributed by atoms with Crippen molar-refractivity contribution in [2.45, 2.75) is 18.8 Å². The van der Waals surface area contributed by atoms with Crippen LogP contribution in [-0.4, -0.2) is 17.3 Å². The molecule has 5 nitrogen and oxygen atoms in total. The number of anilines is 2. The third kappa shape index (κ3) is 2.26. The van der Waals surface area contributed by atoms with Gasteiger partial charge in [-0.3, -0.25) is 0 Å². The Morgan fingerprint density at radius 1 is 1.39 bits per heavy atom. The van der Waals surface area contributed by atoms with Crippen molar-refractivity contribution in [1.82, 2.24) is 10.2 Å². The van der Waals surface area contributed by atoms with Gasteiger partial charge in [-0.1, -0.05) is 16.7 Å². The molecule has 1 saturated carbocycles. The predicted octanol–water partition coefficient (Wildman–Crippen LogP) is 3.35. The summed E-state index contributed by atoms with van der Waals surface area (Å²) < 4.78 is 10.6. The maximum Gasteiger partial charge on any atom is 0.320 e. The Bertz CT molecular complexity index is 566. The van der Waals surface area contributed by atoms with E-state index in [1.807, 2.05) is 6.07 Å². The Morgan fingerprint density at radius 3 is 2.89 bits per heavy atom. The third-order valence-electron chi connectivity index (χ3n) is 2.77. The van der Waals surface area contributed by atoms with Crippen LogP contribution in [0.15, 0.2) is 22.6 Å². The van der Waals surface area contributed by atoms with Gasteiger partial charge in [0.25, 0.3) is 0 Å². The molecular formula is C12H12ClN3O2. The largest absolute Gasteiger partial charge is 0.495 e. The minimum absolute atomic E-state index is 0.387. The molecule has 0 atom stereocenters. The van der Waals surface area contributed by atoms with E-state index >= 15 is 0 Å². The van der Waals surface area contributed by atoms with E-state index in [0.717, 1.165) is 18.5 Å². The lowest BCUT2D eigenvalue weighted by Crippen LogP contribution is -1.91. The second-order valence-corrected chi connectivity index (χ2v) is 4.60. The van der Waals surface area contributed by atoms with Crippen LogP contribution in [-0.2, 0) is 0 Å². The van der Waals surface area contributed by atoms with Gasteiger partial charge in [0.15, 0.2) is 0 Å². The molecule has 0 saturated heterocycles. The first-order valence-electron chi connectivity index (χ1n) is 5.70. The van der Waals surface area contributed by atoms with Gasteiger partial charge in [0.1, 0.15) is 5.75 Å². The number of nitrogens with one attached hydrogen (secondary N) is 1. The molecule has 0 aliphatic heterocycles. The zero-order chi connectivity index (χ0) is 12.5. The average molecular weight is 266 g/mol. The summed E-state index contributed by atoms with van der Waals surface area (Å²) in [6, 6.07) is 5.76. The monoisotopic (exact) mass is 265 g/mol. The number of halogens is 1. The van der Waals surface area contributed by atoms with Crippen molar-refractivity contribution >= 4 is 23.3 Å². The second kappa shape index (κ2) is 4.49. The van der Waals surface area contributed by atoms with Gasteiger partial charge in [-0.15, -0.1) is 5.10 Å². The lowest BCUT2D eigenvalue weighted by Gasteiger charge is -2.05. The zero-order valence-electron chi connectivity index (χ0n) is 9.81. The standard InChI is InChI=1S/C12H12ClN3O2/c1-17-10-5-4-8(6-9(10)13)14-12-16-15-11(18-12)7-2-3-7/h4-7H,2-3H2,1H3,(H,14,16). The first kappa shape index (κ1) is 11.3. The maximum absolute atomic E-state index is 6.03. The molecule has 1 aliphatic rings. The summed E-state index contributed by atoms with van der Waals surface area (Å²) in [6.07, 6.45) is 2.27. The first-order chi connectivity index (χ1) is 8.76. The summed E-state index contributed by atoms with van der Waals surface area (Å²) in [5, 5.41) is 11.5. The predicted molar refractivity (Wildman–Crippen MR) is 67.6 cm³/mol. The van der Waals surface area contributed by atoms with Gasteiger partial charge in [0.2, 0.25) is 5.89 Å². The smallest absolute Gasteiger partial charge is 0.320 e. The third-order valence-corrected chi connectivity index (χ3v) is 3.07. The van der Waals surface area contributed by atoms with Gasteiger partial charge in [0.05, 0.1) is 12.1 Å². The minimum Gasteiger partial charge on any atom is -0.495 e. The van der Waals surface area contributed by atoms with Crippen LogP contribution in [0.2, 0.25) is 5.02 Å². The quantitative estimate of drug-likeness (QED) is 0.919. The molecule has 0 amide bonds. The highest BCUT2D eigenvalue weighted by molar-refractivity contribution is 6.32. The summed E-state index contributed by atoms with van der Waals surface area (Å²) in [5.74, 6) is 1.79. The second-order valence-electron chi connectivity index (χ2n) is 4.19. The molecule has 1 aliphatic carbocycles. The van der Waals surface area contributed by atoms with Crippen LogP contribution < -0.4 is 10.1 Å². The lowest BCUT2D eigenvalue weighted by molar-refractivity contribution is 0.415. The van der Waals surface area contributed by atoms with Gasteiger partial charge in [-0.25, -0.2) is 0 Å². The SMILES string of the molecule is COc1ccc(Nc2nnc(C3CC3)o2)cc1Cl. The number of aromatic nitrogens is 2. The highest BCUT2D eigenvalue weighted by Gasteiger charge is 2.29. The van der Waals surface area contributed by atoms with Crippen molar-refractivity contribution in [1.29, 1.82) is 0 Å². The van der Waals surface area contributed by atoms with Crippen LogP contribution in [0.4, 0.5) is 11.7 Å². The van der Waals surface area contributed by atoms with Gasteiger partial charge in [-0.2, -0.15) is 0 Å². The number of hydrogen-bond acceptors (Lipinski definition) is 5. The summed E-state index contributed by atoms with van der Waals surface area (Å²) >= 11 is 6.03. The average Bonchev–Trinajstić information content (AvgIpc) is 3.11. The van der Waals surface area contributed by atoms with Crippen LogP contribution in [0.3, 0.4) is 0 Å². The number of nitrogens with zero attached hydrogens (tertiary/aromatic N) is 2. The Balaban J connectivity index is 1.76. The van der Waals surface area contributed by atoms with Gasteiger partial charge in [0, 0.05) is 11.6 Å². The molecule has 0 bridgehead atoms. The highest BCUT2D eigenvalue weighted by Crippen LogP contribution is 2.39. The molecule has 0 unspecified atom stereocenters. The molecular weight excluding hydrogens is 254 g/mol. The Kier molecular flexibility index (Phi) is 2.83. The number of hydrogen-bond donors (Lipinski definition) is 1. The molecule has 2 aromatic rings. The highest BCUT2D eigenvalue weighted by atomic mass is 35.5. The van der Waals surface area contributed by atoms with Gasteiger partial charge < -0.3 is 14.5 Å². The van der Waals surface area contributed by atoms with Crippen molar-refractivity contribution in [2.24, 2.45) is 0 Å². The van der Waals surface area contributed by atoms with E-state index in [2.05, 4.69) is 15.5 Å². The van der Waals surface area contributed by atoms with Crippen LogP contribution in [0.25, 0.3) is 0 Å². The Hall–Kier alpha value is -1.75. The number of benzene rings is 1. The summed E-state index contributed by atoms with van der Waals surface area (Å²) in [6.45, 7) is 0. The van der Waals surface area contributed by atoms with Crippen molar-refractivity contribution in [3.63, 3.8) is 0 Å². The molecule has 3 rings (SSSR count). The van der Waals surface area contributed by atoms with Gasteiger partial charge in [-0.05, 0) is 31.0 Å². The molecule has 18 heavy (non-hydrogen) atoms. The van der Waals surface area contributed by atoms with Crippen molar-refractivity contribution in [3.8, 4) is 5.75 Å². The first-order valence-corrected chi connectivity index (χ1v) is 6.08. The molecule has 1 aromatic heterocycles. The molecule has 0 radical (unpaired) electrons. The fourth-order valence-corrected chi connectivity index (χ4v) is 1.91. The van der Waals surface area contributed by atoms with E-state index in [4.69, 9.17) is 20.8 Å². The molecule has 1 N–H and O–H groups in total. The van der Waals surface area contributed by atoms with E-state index in [1.165, 1.54) is 0 Å². The van der Waals surface area contributed by atoms with Crippen molar-refractivity contribution in [3.05, 3.63) is 29.1 Å². The van der Waals surface area contributed by atoms with Crippen LogP contribution in [0.5, 0.6) is 5.75 Å². The van der Waals surface area contributed by atoms with Crippen molar-refractivity contribution in [2.75, 3.05) is 12.4 Å². The van der Waals surface area contributed by atoms with Crippen LogP contribution >= 0.6 is 11.6 Å². The van der Waals surface area contributed by atoms with Gasteiger partial charge >= 0.3 is 6.01 Å². The Morgan fingerprint density at radius 2 is 2.22 bits per heavy atom. The summed E-state index contributed by atoms with van der Waals surface area (Å²) in [7, 11) is 1.58. The van der Waals surface area contributed by atoms with E-state index in [9.17, 15) is 0 Å². The molecule has 0 spiro atoms. The summed E-state index contributed by atoms with van der Waals surface area (Å²) in [5.41, 5.74) is 0.784. The van der Waals surface area contributed by atoms with E-state index in [-0.39, 0.29) is 0 Å². The van der Waals surface area contributed by atoms with E-state index in [1.54, 1.807) is 19.2 Å². The zero-order valence-corrected chi connectivity index (χ0v) is 10.6. The molecule has 6 heteroatoms. The van der Waals surface area contributed by atoms with E-state index in [0.29, 0.717) is 28.6 Å². The molecule has 1 aromatic carbocycles. The normalized spacial score (nSPS) is 14.6. The summed E-state index contributed by atoms with van der Waals surface area (Å²) in [4.78, 5) is 0. The van der Waals surface area contributed by atoms with Crippen LogP contribution in [0.1, 0.15) is 24.7 Å². The number of methoxy groups -OCH3 is 1. The topological polar surface area (TPSA) is 60.2 Å². The fraction of sp³-hybridized carbons (Fsp3) is 0.333. The number of rotatable bonds is 4. The number of ether oxygens (including phenoxy) is 1. The molecule has 94 valence electrons. The van der Waals surface area contributed by atoms with E-state index < -0.39 is 0 Å². The molecule has 1 heterocycles. The van der Waals surface area contributed by atoms with Crippen LogP contribution in [0, 0.1) is 0 Å². The maximum atomic E-state index is 6.03. The fourth-order valence-electron chi connectivity index (χ4n) is 1.65. The van der Waals surface area contributed by atoms with Crippen molar-refractivity contribution < 1.29 is 9.15 Å². The lowest BCUT2D eigenvalue weighted by atomic mass is 10.3. The Labute approximate surface area is 109 Å².